The molecule has 2 bridgehead atoms. The van der Waals surface area contributed by atoms with Gasteiger partial charge in [-0.1, -0.05) is 5.16 Å². The van der Waals surface area contributed by atoms with Crippen molar-refractivity contribution in [2.45, 2.75) is 19.3 Å². The smallest absolute Gasteiger partial charge is 0.164 e. The third kappa shape index (κ3) is 2.09. The first kappa shape index (κ1) is 12.3. The normalized spacial score (nSPS) is 34.1. The lowest BCUT2D eigenvalue weighted by Crippen LogP contribution is -2.39. The van der Waals surface area contributed by atoms with Gasteiger partial charge in [0.05, 0.1) is 0 Å². The maximum Gasteiger partial charge on any atom is 0.164 e. The monoisotopic (exact) mass is 229 g/mol. The number of oxime groups is 1. The fraction of sp³-hybridized carbons (Fsp3) is 0.800. The van der Waals surface area contributed by atoms with Crippen molar-refractivity contribution in [3.63, 3.8) is 0 Å². The average Bonchev–Trinajstić information content (AvgIpc) is 2.51. The van der Waals surface area contributed by atoms with Crippen molar-refractivity contribution in [3.8, 4) is 6.07 Å². The molecular weight excluding hydrogens is 214 g/mol. The van der Waals surface area contributed by atoms with E-state index in [2.05, 4.69) is 16.1 Å². The largest absolute Gasteiger partial charge is 0.398 e. The minimum Gasteiger partial charge on any atom is -0.398 e. The number of nitriles is 1. The molecule has 84 valence electrons. The van der Waals surface area contributed by atoms with Crippen LogP contribution in [0.4, 0.5) is 0 Å². The van der Waals surface area contributed by atoms with Gasteiger partial charge in [-0.25, -0.2) is 0 Å². The average molecular weight is 230 g/mol. The van der Waals surface area contributed by atoms with Crippen molar-refractivity contribution in [2.75, 3.05) is 26.7 Å². The first-order valence-corrected chi connectivity index (χ1v) is 5.05. The van der Waals surface area contributed by atoms with Crippen LogP contribution in [0.1, 0.15) is 19.3 Å². The molecule has 2 rings (SSSR count). The van der Waals surface area contributed by atoms with Crippen LogP contribution in [-0.4, -0.2) is 37.4 Å². The highest BCUT2D eigenvalue weighted by Gasteiger charge is 2.45. The first-order valence-electron chi connectivity index (χ1n) is 5.05. The highest BCUT2D eigenvalue weighted by Crippen LogP contribution is 2.40. The zero-order valence-electron chi connectivity index (χ0n) is 8.90. The summed E-state index contributed by atoms with van der Waals surface area (Å²) in [6.45, 7) is 3.26. The Morgan fingerprint density at radius 1 is 1.47 bits per heavy atom. The predicted octanol–water partition coefficient (Wildman–Crippen LogP) is 1.42. The molecule has 0 aromatic carbocycles. The SMILES string of the molecule is CON=C(C#N)C12CCCN(CC1)C2.Cl. The van der Waals surface area contributed by atoms with E-state index in [-0.39, 0.29) is 17.8 Å². The summed E-state index contributed by atoms with van der Waals surface area (Å²) >= 11 is 0. The molecular formula is C10H16ClN3O. The van der Waals surface area contributed by atoms with Gasteiger partial charge in [-0.3, -0.25) is 0 Å². The Morgan fingerprint density at radius 2 is 2.27 bits per heavy atom. The zero-order valence-corrected chi connectivity index (χ0v) is 9.72. The first-order chi connectivity index (χ1) is 6.80. The van der Waals surface area contributed by atoms with Crippen molar-refractivity contribution in [1.82, 2.24) is 4.90 Å². The summed E-state index contributed by atoms with van der Waals surface area (Å²) in [6, 6.07) is 2.19. The minimum atomic E-state index is 0. The molecule has 4 nitrogen and oxygen atoms in total. The summed E-state index contributed by atoms with van der Waals surface area (Å²) in [7, 11) is 1.50. The maximum absolute atomic E-state index is 9.04. The van der Waals surface area contributed by atoms with Crippen molar-refractivity contribution in [1.29, 1.82) is 5.26 Å². The van der Waals surface area contributed by atoms with E-state index in [0.29, 0.717) is 5.71 Å². The van der Waals surface area contributed by atoms with Gasteiger partial charge in [0.1, 0.15) is 13.2 Å². The molecule has 15 heavy (non-hydrogen) atoms. The van der Waals surface area contributed by atoms with E-state index < -0.39 is 0 Å². The van der Waals surface area contributed by atoms with E-state index in [0.717, 1.165) is 25.9 Å². The Labute approximate surface area is 96.3 Å². The summed E-state index contributed by atoms with van der Waals surface area (Å²) in [5.74, 6) is 0. The number of piperidine rings is 1. The Balaban J connectivity index is 0.00000112. The maximum atomic E-state index is 9.04. The van der Waals surface area contributed by atoms with E-state index in [9.17, 15) is 0 Å². The quantitative estimate of drug-likeness (QED) is 0.532. The predicted molar refractivity (Wildman–Crippen MR) is 60.0 cm³/mol. The molecule has 0 saturated carbocycles. The number of hydrogen-bond acceptors (Lipinski definition) is 4. The molecule has 2 saturated heterocycles. The number of hydrogen-bond donors (Lipinski definition) is 0. The van der Waals surface area contributed by atoms with Gasteiger partial charge in [0.2, 0.25) is 0 Å². The molecule has 2 unspecified atom stereocenters. The Hall–Kier alpha value is -0.790. The fourth-order valence-electron chi connectivity index (χ4n) is 2.63. The van der Waals surface area contributed by atoms with Crippen LogP contribution in [0.25, 0.3) is 0 Å². The summed E-state index contributed by atoms with van der Waals surface area (Å²) in [6.07, 6.45) is 3.31. The van der Waals surface area contributed by atoms with E-state index >= 15 is 0 Å². The molecule has 2 atom stereocenters. The van der Waals surface area contributed by atoms with Gasteiger partial charge in [0, 0.05) is 12.0 Å². The van der Waals surface area contributed by atoms with Crippen molar-refractivity contribution in [3.05, 3.63) is 0 Å². The van der Waals surface area contributed by atoms with Crippen LogP contribution >= 0.6 is 12.4 Å². The molecule has 0 aliphatic carbocycles. The van der Waals surface area contributed by atoms with Gasteiger partial charge in [0.15, 0.2) is 5.71 Å². The summed E-state index contributed by atoms with van der Waals surface area (Å²) in [5.41, 5.74) is 0.588. The number of nitrogens with zero attached hydrogens (tertiary/aromatic N) is 3. The second kappa shape index (κ2) is 4.82. The van der Waals surface area contributed by atoms with E-state index in [1.807, 2.05) is 0 Å². The third-order valence-electron chi connectivity index (χ3n) is 3.35. The van der Waals surface area contributed by atoms with Gasteiger partial charge in [0.25, 0.3) is 0 Å². The number of halogens is 1. The van der Waals surface area contributed by atoms with Crippen molar-refractivity contribution < 1.29 is 4.84 Å². The second-order valence-electron chi connectivity index (χ2n) is 4.14. The zero-order chi connectivity index (χ0) is 10.0. The van der Waals surface area contributed by atoms with E-state index in [1.54, 1.807) is 0 Å². The van der Waals surface area contributed by atoms with Gasteiger partial charge >= 0.3 is 0 Å². The molecule has 0 spiro atoms. The van der Waals surface area contributed by atoms with Crippen LogP contribution in [0.5, 0.6) is 0 Å². The molecule has 0 aromatic rings. The highest BCUT2D eigenvalue weighted by molar-refractivity contribution is 6.03. The Bertz CT molecular complexity index is 296. The molecule has 2 aliphatic heterocycles. The van der Waals surface area contributed by atoms with Gasteiger partial charge in [-0.05, 0) is 32.4 Å². The van der Waals surface area contributed by atoms with Crippen molar-refractivity contribution >= 4 is 18.1 Å². The Morgan fingerprint density at radius 3 is 2.93 bits per heavy atom. The molecule has 2 aliphatic rings. The van der Waals surface area contributed by atoms with Crippen LogP contribution in [0.2, 0.25) is 0 Å². The fourth-order valence-corrected chi connectivity index (χ4v) is 2.63. The summed E-state index contributed by atoms with van der Waals surface area (Å²) in [5, 5.41) is 12.9. The summed E-state index contributed by atoms with van der Waals surface area (Å²) < 4.78 is 0. The molecule has 0 aromatic heterocycles. The second-order valence-corrected chi connectivity index (χ2v) is 4.14. The van der Waals surface area contributed by atoms with Crippen LogP contribution < -0.4 is 0 Å². The van der Waals surface area contributed by atoms with E-state index in [4.69, 9.17) is 10.1 Å². The van der Waals surface area contributed by atoms with Crippen molar-refractivity contribution in [2.24, 2.45) is 10.6 Å². The molecule has 0 N–H and O–H groups in total. The molecule has 0 radical (unpaired) electrons. The lowest BCUT2D eigenvalue weighted by atomic mass is 9.77. The van der Waals surface area contributed by atoms with Gasteiger partial charge in [-0.15, -0.1) is 12.4 Å². The highest BCUT2D eigenvalue weighted by atomic mass is 35.5. The van der Waals surface area contributed by atoms with E-state index in [1.165, 1.54) is 20.1 Å². The van der Waals surface area contributed by atoms with Crippen LogP contribution in [-0.2, 0) is 4.84 Å². The Kier molecular flexibility index (Phi) is 3.95. The molecule has 0 amide bonds. The van der Waals surface area contributed by atoms with Crippen LogP contribution in [0.3, 0.4) is 0 Å². The summed E-state index contributed by atoms with van der Waals surface area (Å²) in [4.78, 5) is 7.15. The minimum absolute atomic E-state index is 0. The van der Waals surface area contributed by atoms with Crippen LogP contribution in [0, 0.1) is 16.7 Å². The lowest BCUT2D eigenvalue weighted by Gasteiger charge is -2.31. The topological polar surface area (TPSA) is 48.6 Å². The van der Waals surface area contributed by atoms with Crippen LogP contribution in [0.15, 0.2) is 5.16 Å². The molecule has 5 heteroatoms. The standard InChI is InChI=1S/C10H15N3O.ClH/c1-14-12-9(7-11)10-3-2-5-13(8-10)6-4-10;/h2-6,8H2,1H3;1H. The number of fused-ring (bicyclic) bond motifs is 2. The third-order valence-corrected chi connectivity index (χ3v) is 3.35. The van der Waals surface area contributed by atoms with Gasteiger partial charge < -0.3 is 9.74 Å². The lowest BCUT2D eigenvalue weighted by molar-refractivity contribution is 0.197. The van der Waals surface area contributed by atoms with Gasteiger partial charge in [-0.2, -0.15) is 5.26 Å². The molecule has 2 fully saturated rings. The number of rotatable bonds is 2. The molecule has 2 heterocycles.